The molecule has 1 heteroatoms. The molecular formula is C33H21N. The lowest BCUT2D eigenvalue weighted by atomic mass is 9.90. The van der Waals surface area contributed by atoms with Crippen molar-refractivity contribution in [3.63, 3.8) is 0 Å². The van der Waals surface area contributed by atoms with Crippen LogP contribution < -0.4 is 0 Å². The minimum atomic E-state index is 1.18. The molecule has 1 aromatic heterocycles. The van der Waals surface area contributed by atoms with Gasteiger partial charge in [0.25, 0.3) is 0 Å². The lowest BCUT2D eigenvalue weighted by Gasteiger charge is -2.14. The van der Waals surface area contributed by atoms with Gasteiger partial charge in [-0.2, -0.15) is 0 Å². The Balaban J connectivity index is 1.54. The number of hydrogen-bond donors (Lipinski definition) is 0. The van der Waals surface area contributed by atoms with E-state index in [1.807, 2.05) is 12.4 Å². The van der Waals surface area contributed by atoms with Crippen LogP contribution in [0.25, 0.3) is 65.3 Å². The first-order valence-corrected chi connectivity index (χ1v) is 11.6. The van der Waals surface area contributed by atoms with Crippen molar-refractivity contribution in [3.8, 4) is 22.3 Å². The topological polar surface area (TPSA) is 12.9 Å². The fourth-order valence-electron chi connectivity index (χ4n) is 5.31. The third kappa shape index (κ3) is 2.91. The van der Waals surface area contributed by atoms with Crippen LogP contribution >= 0.6 is 0 Å². The summed E-state index contributed by atoms with van der Waals surface area (Å²) in [5, 5.41) is 10.2. The van der Waals surface area contributed by atoms with E-state index in [0.29, 0.717) is 0 Å². The predicted molar refractivity (Wildman–Crippen MR) is 145 cm³/mol. The first kappa shape index (κ1) is 19.0. The van der Waals surface area contributed by atoms with Crippen molar-refractivity contribution in [2.24, 2.45) is 0 Å². The van der Waals surface area contributed by atoms with E-state index < -0.39 is 0 Å². The number of pyridine rings is 1. The maximum Gasteiger partial charge on any atom is 0.0352 e. The summed E-state index contributed by atoms with van der Waals surface area (Å²) in [5.41, 5.74) is 4.87. The molecule has 158 valence electrons. The maximum atomic E-state index is 4.41. The molecule has 6 aromatic carbocycles. The van der Waals surface area contributed by atoms with Crippen LogP contribution in [0.5, 0.6) is 0 Å². The second-order valence-corrected chi connectivity index (χ2v) is 8.84. The van der Waals surface area contributed by atoms with Crippen molar-refractivity contribution < 1.29 is 0 Å². The highest BCUT2D eigenvalue weighted by Gasteiger charge is 2.12. The summed E-state index contributed by atoms with van der Waals surface area (Å²) >= 11 is 0. The summed E-state index contributed by atoms with van der Waals surface area (Å²) in [6.45, 7) is 0. The summed E-state index contributed by atoms with van der Waals surface area (Å²) in [5.74, 6) is 0. The Morgan fingerprint density at radius 2 is 1.00 bits per heavy atom. The molecule has 7 aromatic rings. The summed E-state index contributed by atoms with van der Waals surface area (Å²) in [6.07, 6.45) is 3.85. The van der Waals surface area contributed by atoms with Gasteiger partial charge in [0.05, 0.1) is 0 Å². The fraction of sp³-hybridized carbons (Fsp3) is 0. The van der Waals surface area contributed by atoms with Crippen molar-refractivity contribution in [1.29, 1.82) is 0 Å². The van der Waals surface area contributed by atoms with Gasteiger partial charge in [0, 0.05) is 17.8 Å². The quantitative estimate of drug-likeness (QED) is 0.249. The SMILES string of the molecule is c1ccc(-c2cc(-c3ccc4c5ccccc5c5ccccc5c4c3)cc3ccncc23)cc1. The van der Waals surface area contributed by atoms with Gasteiger partial charge in [0.15, 0.2) is 0 Å². The number of benzene rings is 6. The monoisotopic (exact) mass is 431 g/mol. The lowest BCUT2D eigenvalue weighted by molar-refractivity contribution is 1.36. The van der Waals surface area contributed by atoms with Crippen molar-refractivity contribution >= 4 is 43.1 Å². The predicted octanol–water partition coefficient (Wildman–Crippen LogP) is 9.03. The molecule has 0 saturated carbocycles. The Hall–Kier alpha value is -4.49. The van der Waals surface area contributed by atoms with Crippen LogP contribution in [0.2, 0.25) is 0 Å². The largest absolute Gasteiger partial charge is 0.264 e. The summed E-state index contributed by atoms with van der Waals surface area (Å²) in [7, 11) is 0. The van der Waals surface area contributed by atoms with Gasteiger partial charge in [-0.1, -0.05) is 91.0 Å². The van der Waals surface area contributed by atoms with Gasteiger partial charge in [0.1, 0.15) is 0 Å². The molecule has 0 N–H and O–H groups in total. The van der Waals surface area contributed by atoms with E-state index >= 15 is 0 Å². The number of aromatic nitrogens is 1. The number of hydrogen-bond acceptors (Lipinski definition) is 1. The molecule has 0 amide bonds. The average Bonchev–Trinajstić information content (AvgIpc) is 2.93. The zero-order valence-electron chi connectivity index (χ0n) is 18.6. The smallest absolute Gasteiger partial charge is 0.0352 e. The molecule has 0 bridgehead atoms. The van der Waals surface area contributed by atoms with Gasteiger partial charge in [0.2, 0.25) is 0 Å². The van der Waals surface area contributed by atoms with E-state index in [0.717, 1.165) is 0 Å². The van der Waals surface area contributed by atoms with Gasteiger partial charge >= 0.3 is 0 Å². The highest BCUT2D eigenvalue weighted by molar-refractivity contribution is 6.25. The number of rotatable bonds is 2. The van der Waals surface area contributed by atoms with Crippen molar-refractivity contribution in [2.75, 3.05) is 0 Å². The van der Waals surface area contributed by atoms with Crippen LogP contribution in [-0.4, -0.2) is 4.98 Å². The Morgan fingerprint density at radius 1 is 0.382 bits per heavy atom. The minimum absolute atomic E-state index is 1.18. The molecule has 1 nitrogen and oxygen atoms in total. The van der Waals surface area contributed by atoms with E-state index in [9.17, 15) is 0 Å². The van der Waals surface area contributed by atoms with Crippen LogP contribution in [0, 0.1) is 0 Å². The number of nitrogens with zero attached hydrogens (tertiary/aromatic N) is 1. The van der Waals surface area contributed by atoms with Crippen LogP contribution in [0.15, 0.2) is 128 Å². The van der Waals surface area contributed by atoms with E-state index in [4.69, 9.17) is 0 Å². The molecule has 0 aliphatic heterocycles. The highest BCUT2D eigenvalue weighted by Crippen LogP contribution is 2.39. The molecule has 0 unspecified atom stereocenters. The number of fused-ring (bicyclic) bond motifs is 7. The van der Waals surface area contributed by atoms with Crippen LogP contribution in [0.3, 0.4) is 0 Å². The lowest BCUT2D eigenvalue weighted by Crippen LogP contribution is -1.88. The van der Waals surface area contributed by atoms with Crippen molar-refractivity contribution in [3.05, 3.63) is 128 Å². The van der Waals surface area contributed by atoms with Gasteiger partial charge in [-0.15, -0.1) is 0 Å². The third-order valence-electron chi connectivity index (χ3n) is 6.92. The third-order valence-corrected chi connectivity index (χ3v) is 6.92. The Morgan fingerprint density at radius 3 is 1.71 bits per heavy atom. The first-order chi connectivity index (χ1) is 16.9. The van der Waals surface area contributed by atoms with Gasteiger partial charge in [-0.25, -0.2) is 0 Å². The Kier molecular flexibility index (Phi) is 4.22. The molecule has 0 spiro atoms. The molecule has 34 heavy (non-hydrogen) atoms. The van der Waals surface area contributed by atoms with E-state index in [2.05, 4.69) is 120 Å². The first-order valence-electron chi connectivity index (χ1n) is 11.6. The molecule has 0 radical (unpaired) electrons. The second-order valence-electron chi connectivity index (χ2n) is 8.84. The molecule has 0 aliphatic carbocycles. The second kappa shape index (κ2) is 7.54. The zero-order chi connectivity index (χ0) is 22.5. The molecular weight excluding hydrogens is 410 g/mol. The van der Waals surface area contributed by atoms with E-state index in [-0.39, 0.29) is 0 Å². The summed E-state index contributed by atoms with van der Waals surface area (Å²) < 4.78 is 0. The fourth-order valence-corrected chi connectivity index (χ4v) is 5.31. The molecule has 0 aliphatic rings. The highest BCUT2D eigenvalue weighted by atomic mass is 14.6. The standard InChI is InChI=1S/C33H21N/c1-2-8-22(9-3-1)31-20-25(18-24-16-17-34-21-33(24)31)23-14-15-30-28-12-5-4-10-26(28)27-11-6-7-13-29(27)32(30)19-23/h1-21H. The van der Waals surface area contributed by atoms with E-state index in [1.165, 1.54) is 65.3 Å². The Labute approximate surface area is 197 Å². The normalized spacial score (nSPS) is 11.5. The molecule has 0 atom stereocenters. The van der Waals surface area contributed by atoms with Crippen LogP contribution in [-0.2, 0) is 0 Å². The average molecular weight is 432 g/mol. The van der Waals surface area contributed by atoms with Gasteiger partial charge in [-0.3, -0.25) is 4.98 Å². The molecule has 1 heterocycles. The van der Waals surface area contributed by atoms with E-state index in [1.54, 1.807) is 0 Å². The molecule has 0 fully saturated rings. The van der Waals surface area contributed by atoms with Crippen molar-refractivity contribution in [1.82, 2.24) is 4.98 Å². The van der Waals surface area contributed by atoms with Gasteiger partial charge < -0.3 is 0 Å². The van der Waals surface area contributed by atoms with Crippen LogP contribution in [0.1, 0.15) is 0 Å². The molecule has 0 saturated heterocycles. The van der Waals surface area contributed by atoms with Gasteiger partial charge in [-0.05, 0) is 84.2 Å². The van der Waals surface area contributed by atoms with Crippen molar-refractivity contribution in [2.45, 2.75) is 0 Å². The summed E-state index contributed by atoms with van der Waals surface area (Å²) in [4.78, 5) is 4.41. The maximum absolute atomic E-state index is 4.41. The molecule has 7 rings (SSSR count). The Bertz CT molecular complexity index is 1810. The minimum Gasteiger partial charge on any atom is -0.264 e. The summed E-state index contributed by atoms with van der Waals surface area (Å²) in [6, 6.07) is 41.7. The van der Waals surface area contributed by atoms with Crippen LogP contribution in [0.4, 0.5) is 0 Å². The zero-order valence-corrected chi connectivity index (χ0v) is 18.6.